The summed E-state index contributed by atoms with van der Waals surface area (Å²) in [6.45, 7) is 24.5. The minimum Gasteiger partial charge on any atom is -0.310 e. The molecule has 0 saturated carbocycles. The van der Waals surface area contributed by atoms with Crippen LogP contribution in [0.4, 0.5) is 17.1 Å². The van der Waals surface area contributed by atoms with E-state index >= 15 is 0 Å². The fourth-order valence-electron chi connectivity index (χ4n) is 12.6. The summed E-state index contributed by atoms with van der Waals surface area (Å²) >= 11 is 0. The molecule has 0 radical (unpaired) electrons. The van der Waals surface area contributed by atoms with Gasteiger partial charge in [-0.05, 0) is 174 Å². The molecular weight excluding hydrogens is 759 g/mol. The van der Waals surface area contributed by atoms with Crippen molar-refractivity contribution in [3.8, 4) is 33.4 Å². The molecule has 1 nitrogen and oxygen atoms in total. The summed E-state index contributed by atoms with van der Waals surface area (Å²) in [5.74, 6) is 0.330. The number of hydrogen-bond donors (Lipinski definition) is 0. The molecule has 0 atom stereocenters. The van der Waals surface area contributed by atoms with Crippen molar-refractivity contribution < 1.29 is 0 Å². The standard InChI is InChI=1S/C62H63N/c1-39(2)45-36-55-56(61(9,10)33-32-60(55,7)8)37-46(45)48-35-47-44-24-16-19-27-51(44)62(49-25-17-14-22-42(49)43-23-15-18-26-50(43)62)53(47)38-57(48)63(40-20-12-11-13-21-40)41-28-29-52-54(34-41)59(5,6)31-30-58(52,3)4/h11-29,34-39H,30-33H2,1-10H3. The van der Waals surface area contributed by atoms with Crippen molar-refractivity contribution in [3.05, 3.63) is 196 Å². The zero-order valence-corrected chi connectivity index (χ0v) is 39.2. The van der Waals surface area contributed by atoms with Crippen LogP contribution < -0.4 is 4.90 Å². The third kappa shape index (κ3) is 5.73. The van der Waals surface area contributed by atoms with Gasteiger partial charge in [0.1, 0.15) is 0 Å². The van der Waals surface area contributed by atoms with E-state index < -0.39 is 5.41 Å². The molecule has 1 heteroatoms. The first-order valence-electron chi connectivity index (χ1n) is 23.7. The first-order valence-corrected chi connectivity index (χ1v) is 23.7. The Hall–Kier alpha value is -5.66. The number of rotatable bonds is 5. The minimum absolute atomic E-state index is 0.0641. The highest BCUT2D eigenvalue weighted by atomic mass is 15.1. The first kappa shape index (κ1) is 40.1. The molecule has 0 saturated heterocycles. The number of fused-ring (bicyclic) bond motifs is 12. The zero-order chi connectivity index (χ0) is 43.8. The lowest BCUT2D eigenvalue weighted by atomic mass is 9.62. The fraction of sp³-hybridized carbons (Fsp3) is 0.323. The van der Waals surface area contributed by atoms with Gasteiger partial charge in [0.2, 0.25) is 0 Å². The van der Waals surface area contributed by atoms with Gasteiger partial charge < -0.3 is 4.90 Å². The van der Waals surface area contributed by atoms with Crippen molar-refractivity contribution in [2.24, 2.45) is 0 Å². The molecule has 1 spiro atoms. The summed E-state index contributed by atoms with van der Waals surface area (Å²) < 4.78 is 0. The molecule has 0 aromatic heterocycles. The van der Waals surface area contributed by atoms with Gasteiger partial charge in [-0.1, -0.05) is 172 Å². The lowest BCUT2D eigenvalue weighted by Crippen LogP contribution is -2.34. The van der Waals surface area contributed by atoms with E-state index in [2.05, 4.69) is 220 Å². The van der Waals surface area contributed by atoms with E-state index in [1.165, 1.54) is 126 Å². The summed E-state index contributed by atoms with van der Waals surface area (Å²) in [5.41, 5.74) is 24.4. The molecule has 0 aliphatic heterocycles. The highest BCUT2D eigenvalue weighted by Crippen LogP contribution is 2.65. The lowest BCUT2D eigenvalue weighted by molar-refractivity contribution is 0.331. The third-order valence-electron chi connectivity index (χ3n) is 16.4. The van der Waals surface area contributed by atoms with E-state index in [1.807, 2.05) is 0 Å². The van der Waals surface area contributed by atoms with Crippen LogP contribution in [0.1, 0.15) is 151 Å². The van der Waals surface area contributed by atoms with Gasteiger partial charge in [0.05, 0.1) is 11.1 Å². The van der Waals surface area contributed by atoms with Crippen LogP contribution in [-0.4, -0.2) is 0 Å². The number of anilines is 3. The van der Waals surface area contributed by atoms with Gasteiger partial charge >= 0.3 is 0 Å². The summed E-state index contributed by atoms with van der Waals surface area (Å²) in [5, 5.41) is 0. The Labute approximate surface area is 377 Å². The number of para-hydroxylation sites is 1. The molecule has 316 valence electrons. The van der Waals surface area contributed by atoms with E-state index in [1.54, 1.807) is 0 Å². The van der Waals surface area contributed by atoms with Crippen LogP contribution in [0.2, 0.25) is 0 Å². The molecule has 0 heterocycles. The summed E-state index contributed by atoms with van der Waals surface area (Å²) in [7, 11) is 0. The highest BCUT2D eigenvalue weighted by Gasteiger charge is 2.52. The van der Waals surface area contributed by atoms with Crippen molar-refractivity contribution >= 4 is 17.1 Å². The Balaban J connectivity index is 1.30. The second kappa shape index (κ2) is 13.7. The molecule has 0 unspecified atom stereocenters. The molecule has 11 rings (SSSR count). The van der Waals surface area contributed by atoms with E-state index in [-0.39, 0.29) is 21.7 Å². The van der Waals surface area contributed by atoms with Crippen LogP contribution in [0, 0.1) is 0 Å². The second-order valence-corrected chi connectivity index (χ2v) is 22.4. The van der Waals surface area contributed by atoms with Crippen LogP contribution in [0.5, 0.6) is 0 Å². The Kier molecular flexibility index (Phi) is 8.71. The molecule has 7 aromatic rings. The maximum Gasteiger partial charge on any atom is 0.0726 e. The van der Waals surface area contributed by atoms with Gasteiger partial charge in [0.15, 0.2) is 0 Å². The van der Waals surface area contributed by atoms with E-state index in [9.17, 15) is 0 Å². The van der Waals surface area contributed by atoms with Crippen LogP contribution in [0.25, 0.3) is 33.4 Å². The monoisotopic (exact) mass is 821 g/mol. The predicted molar refractivity (Wildman–Crippen MR) is 268 cm³/mol. The Morgan fingerprint density at radius 2 is 0.810 bits per heavy atom. The molecule has 63 heavy (non-hydrogen) atoms. The van der Waals surface area contributed by atoms with Gasteiger partial charge in [-0.3, -0.25) is 0 Å². The average molecular weight is 822 g/mol. The molecule has 0 bridgehead atoms. The molecule has 4 aliphatic rings. The quantitative estimate of drug-likeness (QED) is 0.167. The van der Waals surface area contributed by atoms with Gasteiger partial charge in [0, 0.05) is 16.9 Å². The van der Waals surface area contributed by atoms with E-state index in [4.69, 9.17) is 0 Å². The molecule has 0 N–H and O–H groups in total. The number of nitrogens with zero attached hydrogens (tertiary/aromatic N) is 1. The average Bonchev–Trinajstić information content (AvgIpc) is 3.74. The molecule has 0 amide bonds. The zero-order valence-electron chi connectivity index (χ0n) is 39.2. The van der Waals surface area contributed by atoms with Crippen molar-refractivity contribution in [1.29, 1.82) is 0 Å². The molecular formula is C62H63N. The predicted octanol–water partition coefficient (Wildman–Crippen LogP) is 17.0. The van der Waals surface area contributed by atoms with Gasteiger partial charge in [-0.2, -0.15) is 0 Å². The maximum atomic E-state index is 2.65. The topological polar surface area (TPSA) is 3.24 Å². The normalized spacial score (nSPS) is 18.5. The van der Waals surface area contributed by atoms with Crippen LogP contribution in [0.15, 0.2) is 146 Å². The Bertz CT molecular complexity index is 2940. The van der Waals surface area contributed by atoms with Gasteiger partial charge in [0.25, 0.3) is 0 Å². The Morgan fingerprint density at radius 1 is 0.349 bits per heavy atom. The SMILES string of the molecule is CC(C)c1cc2c(cc1-c1cc3c(cc1N(c1ccccc1)c1ccc4c(c1)C(C)(C)CCC4(C)C)C1(c4ccccc4-c4ccccc41)c1ccccc1-3)C(C)(C)CCC2(C)C. The summed E-state index contributed by atoms with van der Waals surface area (Å²) in [4.78, 5) is 2.62. The van der Waals surface area contributed by atoms with Crippen molar-refractivity contribution in [2.75, 3.05) is 4.90 Å². The van der Waals surface area contributed by atoms with Crippen molar-refractivity contribution in [1.82, 2.24) is 0 Å². The van der Waals surface area contributed by atoms with Crippen LogP contribution in [0.3, 0.4) is 0 Å². The van der Waals surface area contributed by atoms with Gasteiger partial charge in [-0.25, -0.2) is 0 Å². The molecule has 7 aromatic carbocycles. The number of benzene rings is 7. The second-order valence-electron chi connectivity index (χ2n) is 22.4. The van der Waals surface area contributed by atoms with Crippen molar-refractivity contribution in [2.45, 2.75) is 128 Å². The minimum atomic E-state index is -0.459. The first-order chi connectivity index (χ1) is 30.0. The maximum absolute atomic E-state index is 2.65. The number of hydrogen-bond acceptors (Lipinski definition) is 1. The van der Waals surface area contributed by atoms with E-state index in [0.717, 1.165) is 0 Å². The Morgan fingerprint density at radius 3 is 1.35 bits per heavy atom. The lowest BCUT2D eigenvalue weighted by Gasteiger charge is -2.43. The largest absolute Gasteiger partial charge is 0.310 e. The smallest absolute Gasteiger partial charge is 0.0726 e. The van der Waals surface area contributed by atoms with Crippen LogP contribution in [-0.2, 0) is 27.1 Å². The summed E-state index contributed by atoms with van der Waals surface area (Å²) in [6, 6.07) is 57.0. The van der Waals surface area contributed by atoms with Gasteiger partial charge in [-0.15, -0.1) is 0 Å². The van der Waals surface area contributed by atoms with E-state index in [0.29, 0.717) is 5.92 Å². The summed E-state index contributed by atoms with van der Waals surface area (Å²) in [6.07, 6.45) is 4.74. The van der Waals surface area contributed by atoms with Crippen molar-refractivity contribution in [3.63, 3.8) is 0 Å². The molecule has 4 aliphatic carbocycles. The molecule has 0 fully saturated rings. The highest BCUT2D eigenvalue weighted by molar-refractivity contribution is 6.00. The fourth-order valence-corrected chi connectivity index (χ4v) is 12.6. The van der Waals surface area contributed by atoms with Crippen LogP contribution >= 0.6 is 0 Å². The third-order valence-corrected chi connectivity index (χ3v) is 16.4.